The Bertz CT molecular complexity index is 893. The van der Waals surface area contributed by atoms with Crippen LogP contribution in [0.15, 0.2) is 53.5 Å². The van der Waals surface area contributed by atoms with Crippen molar-refractivity contribution >= 4 is 0 Å². The van der Waals surface area contributed by atoms with Crippen LogP contribution in [0.5, 0.6) is 0 Å². The van der Waals surface area contributed by atoms with Gasteiger partial charge in [0.25, 0.3) is 5.56 Å². The normalized spacial score (nSPS) is 16.8. The molecule has 1 atom stereocenters. The fourth-order valence-electron chi connectivity index (χ4n) is 3.35. The molecule has 0 saturated heterocycles. The van der Waals surface area contributed by atoms with Crippen molar-refractivity contribution in [2.45, 2.75) is 25.8 Å². The molecule has 0 saturated carbocycles. The van der Waals surface area contributed by atoms with Crippen molar-refractivity contribution in [2.24, 2.45) is 0 Å². The van der Waals surface area contributed by atoms with Crippen molar-refractivity contribution in [3.8, 4) is 5.82 Å². The van der Waals surface area contributed by atoms with E-state index in [9.17, 15) is 4.79 Å². The standard InChI is InChI=1S/C19H20N4O/c1-13-5-7-14(8-6-13)10-15-11-20-12-16-18(15)19(24)23(22-16)17-4-2-3-9-21-17/h2-9,15,20,22H,10-12H2,1H3. The Morgan fingerprint density at radius 3 is 2.79 bits per heavy atom. The largest absolute Gasteiger partial charge is 0.311 e. The summed E-state index contributed by atoms with van der Waals surface area (Å²) in [5, 5.41) is 6.63. The maximum absolute atomic E-state index is 12.9. The van der Waals surface area contributed by atoms with Crippen LogP contribution in [0.2, 0.25) is 0 Å². The number of aromatic nitrogens is 3. The first kappa shape index (κ1) is 14.9. The maximum atomic E-state index is 12.9. The molecule has 1 aromatic carbocycles. The number of nitrogens with zero attached hydrogens (tertiary/aromatic N) is 2. The summed E-state index contributed by atoms with van der Waals surface area (Å²) < 4.78 is 1.56. The quantitative estimate of drug-likeness (QED) is 0.778. The van der Waals surface area contributed by atoms with Gasteiger partial charge < -0.3 is 5.32 Å². The Kier molecular flexibility index (Phi) is 3.78. The highest BCUT2D eigenvalue weighted by molar-refractivity contribution is 5.33. The van der Waals surface area contributed by atoms with Gasteiger partial charge in [-0.1, -0.05) is 35.9 Å². The molecule has 1 unspecified atom stereocenters. The third kappa shape index (κ3) is 2.67. The summed E-state index contributed by atoms with van der Waals surface area (Å²) in [5.41, 5.74) is 4.38. The third-order valence-corrected chi connectivity index (χ3v) is 4.59. The zero-order valence-electron chi connectivity index (χ0n) is 13.6. The average molecular weight is 320 g/mol. The first-order valence-electron chi connectivity index (χ1n) is 8.24. The summed E-state index contributed by atoms with van der Waals surface area (Å²) in [6.45, 7) is 3.59. The van der Waals surface area contributed by atoms with Crippen LogP contribution in [0, 0.1) is 6.92 Å². The minimum Gasteiger partial charge on any atom is -0.311 e. The molecule has 0 aliphatic carbocycles. The number of aromatic amines is 1. The molecule has 3 heterocycles. The highest BCUT2D eigenvalue weighted by Crippen LogP contribution is 2.24. The Morgan fingerprint density at radius 1 is 1.21 bits per heavy atom. The van der Waals surface area contributed by atoms with Gasteiger partial charge in [-0.25, -0.2) is 9.67 Å². The first-order valence-corrected chi connectivity index (χ1v) is 8.24. The van der Waals surface area contributed by atoms with Gasteiger partial charge >= 0.3 is 0 Å². The minimum atomic E-state index is 0.0160. The van der Waals surface area contributed by atoms with Crippen molar-refractivity contribution < 1.29 is 0 Å². The SMILES string of the molecule is Cc1ccc(CC2CNCc3[nH]n(-c4ccccn4)c(=O)c32)cc1. The lowest BCUT2D eigenvalue weighted by Gasteiger charge is -2.22. The van der Waals surface area contributed by atoms with E-state index in [0.29, 0.717) is 12.4 Å². The highest BCUT2D eigenvalue weighted by atomic mass is 16.1. The van der Waals surface area contributed by atoms with Crippen LogP contribution in [0.25, 0.3) is 5.82 Å². The Balaban J connectivity index is 1.71. The summed E-state index contributed by atoms with van der Waals surface area (Å²) in [6, 6.07) is 14.1. The van der Waals surface area contributed by atoms with Crippen molar-refractivity contribution in [3.05, 3.63) is 81.4 Å². The fourth-order valence-corrected chi connectivity index (χ4v) is 3.35. The number of hydrogen-bond donors (Lipinski definition) is 2. The Hall–Kier alpha value is -2.66. The summed E-state index contributed by atoms with van der Waals surface area (Å²) >= 11 is 0. The molecule has 122 valence electrons. The molecule has 0 bridgehead atoms. The van der Waals surface area contributed by atoms with Gasteiger partial charge in [-0.15, -0.1) is 0 Å². The zero-order chi connectivity index (χ0) is 16.5. The van der Waals surface area contributed by atoms with E-state index in [1.807, 2.05) is 18.2 Å². The van der Waals surface area contributed by atoms with Gasteiger partial charge in [0.2, 0.25) is 0 Å². The molecule has 2 aromatic heterocycles. The molecule has 2 N–H and O–H groups in total. The summed E-state index contributed by atoms with van der Waals surface area (Å²) in [7, 11) is 0. The second kappa shape index (κ2) is 6.09. The van der Waals surface area contributed by atoms with Gasteiger partial charge in [0.15, 0.2) is 5.82 Å². The number of fused-ring (bicyclic) bond motifs is 1. The van der Waals surface area contributed by atoms with Crippen LogP contribution in [-0.2, 0) is 13.0 Å². The Morgan fingerprint density at radius 2 is 2.04 bits per heavy atom. The first-order chi connectivity index (χ1) is 11.7. The number of benzene rings is 1. The van der Waals surface area contributed by atoms with Crippen LogP contribution in [0.3, 0.4) is 0 Å². The molecule has 24 heavy (non-hydrogen) atoms. The van der Waals surface area contributed by atoms with Gasteiger partial charge in [0.05, 0.1) is 5.69 Å². The number of nitrogens with one attached hydrogen (secondary N) is 2. The van der Waals surface area contributed by atoms with Crippen LogP contribution in [-0.4, -0.2) is 21.3 Å². The van der Waals surface area contributed by atoms with E-state index in [1.54, 1.807) is 10.9 Å². The van der Waals surface area contributed by atoms with Crippen molar-refractivity contribution in [3.63, 3.8) is 0 Å². The van der Waals surface area contributed by atoms with Gasteiger partial charge in [-0.3, -0.25) is 9.89 Å². The van der Waals surface area contributed by atoms with Crippen molar-refractivity contribution in [1.29, 1.82) is 0 Å². The molecule has 0 spiro atoms. The smallest absolute Gasteiger partial charge is 0.276 e. The molecule has 5 heteroatoms. The van der Waals surface area contributed by atoms with Crippen LogP contribution in [0.4, 0.5) is 0 Å². The molecule has 0 amide bonds. The minimum absolute atomic E-state index is 0.0160. The lowest BCUT2D eigenvalue weighted by atomic mass is 9.89. The lowest BCUT2D eigenvalue weighted by molar-refractivity contribution is 0.532. The van der Waals surface area contributed by atoms with Gasteiger partial charge in [0.1, 0.15) is 0 Å². The third-order valence-electron chi connectivity index (χ3n) is 4.59. The molecule has 4 rings (SSSR count). The number of pyridine rings is 1. The number of hydrogen-bond acceptors (Lipinski definition) is 3. The van der Waals surface area contributed by atoms with Crippen LogP contribution >= 0.6 is 0 Å². The molecule has 1 aliphatic heterocycles. The molecule has 3 aromatic rings. The number of rotatable bonds is 3. The van der Waals surface area contributed by atoms with E-state index in [0.717, 1.165) is 24.2 Å². The molecule has 0 radical (unpaired) electrons. The van der Waals surface area contributed by atoms with E-state index < -0.39 is 0 Å². The highest BCUT2D eigenvalue weighted by Gasteiger charge is 2.27. The number of aryl methyl sites for hydroxylation is 1. The van der Waals surface area contributed by atoms with Gasteiger partial charge in [-0.2, -0.15) is 0 Å². The van der Waals surface area contributed by atoms with Gasteiger partial charge in [-0.05, 0) is 31.0 Å². The lowest BCUT2D eigenvalue weighted by Crippen LogP contribution is -2.32. The maximum Gasteiger partial charge on any atom is 0.276 e. The topological polar surface area (TPSA) is 62.7 Å². The van der Waals surface area contributed by atoms with E-state index in [4.69, 9.17) is 0 Å². The van der Waals surface area contributed by atoms with Crippen molar-refractivity contribution in [1.82, 2.24) is 20.1 Å². The summed E-state index contributed by atoms with van der Waals surface area (Å²) in [6.07, 6.45) is 2.55. The predicted molar refractivity (Wildman–Crippen MR) is 93.5 cm³/mol. The summed E-state index contributed by atoms with van der Waals surface area (Å²) in [4.78, 5) is 17.2. The van der Waals surface area contributed by atoms with E-state index in [-0.39, 0.29) is 11.5 Å². The molecule has 1 aliphatic rings. The monoisotopic (exact) mass is 320 g/mol. The predicted octanol–water partition coefficient (Wildman–Crippen LogP) is 2.30. The van der Waals surface area contributed by atoms with Crippen molar-refractivity contribution in [2.75, 3.05) is 6.54 Å². The van der Waals surface area contributed by atoms with Crippen LogP contribution in [0.1, 0.15) is 28.3 Å². The Labute approximate surface area is 140 Å². The summed E-state index contributed by atoms with van der Waals surface area (Å²) in [5.74, 6) is 0.802. The van der Waals surface area contributed by atoms with E-state index >= 15 is 0 Å². The van der Waals surface area contributed by atoms with Crippen LogP contribution < -0.4 is 10.9 Å². The fraction of sp³-hybridized carbons (Fsp3) is 0.263. The molecule has 5 nitrogen and oxygen atoms in total. The average Bonchev–Trinajstić information content (AvgIpc) is 2.96. The molecular formula is C19H20N4O. The molecule has 0 fully saturated rings. The molecular weight excluding hydrogens is 300 g/mol. The zero-order valence-corrected chi connectivity index (χ0v) is 13.6. The van der Waals surface area contributed by atoms with Gasteiger partial charge in [0, 0.05) is 30.8 Å². The second-order valence-corrected chi connectivity index (χ2v) is 6.35. The number of H-pyrrole nitrogens is 1. The van der Waals surface area contributed by atoms with E-state index in [2.05, 4.69) is 46.6 Å². The van der Waals surface area contributed by atoms with E-state index in [1.165, 1.54) is 11.1 Å². The second-order valence-electron chi connectivity index (χ2n) is 6.35.